The number of hydrogen-bond donors (Lipinski definition) is 3. The third-order valence-corrected chi connectivity index (χ3v) is 3.88. The fourth-order valence-corrected chi connectivity index (χ4v) is 2.67. The quantitative estimate of drug-likeness (QED) is 0.761. The molecule has 5 heteroatoms. The number of aromatic nitrogens is 2. The largest absolute Gasteiger partial charge is 0.383 e. The summed E-state index contributed by atoms with van der Waals surface area (Å²) >= 11 is 0. The first kappa shape index (κ1) is 12.9. The van der Waals surface area contributed by atoms with Crippen LogP contribution in [-0.2, 0) is 0 Å². The van der Waals surface area contributed by atoms with Gasteiger partial charge in [0.25, 0.3) is 0 Å². The molecule has 0 atom stereocenters. The summed E-state index contributed by atoms with van der Waals surface area (Å²) in [5, 5.41) is 3.32. The van der Waals surface area contributed by atoms with Crippen molar-refractivity contribution in [3.05, 3.63) is 6.07 Å². The standard InChI is InChI=1S/C13H23N5/c1-2-9-3-5-10(6-4-9)8-16-12-7-11(14)17-13(15)18-12/h7,9-10H,2-6,8H2,1H3,(H5,14,15,16,17,18). The number of rotatable bonds is 4. The molecule has 5 N–H and O–H groups in total. The van der Waals surface area contributed by atoms with Crippen LogP contribution in [-0.4, -0.2) is 16.5 Å². The summed E-state index contributed by atoms with van der Waals surface area (Å²) in [6, 6.07) is 1.73. The minimum Gasteiger partial charge on any atom is -0.383 e. The van der Waals surface area contributed by atoms with Crippen LogP contribution in [0.15, 0.2) is 6.07 Å². The van der Waals surface area contributed by atoms with Crippen LogP contribution in [0.25, 0.3) is 0 Å². The van der Waals surface area contributed by atoms with Gasteiger partial charge < -0.3 is 16.8 Å². The maximum absolute atomic E-state index is 5.63. The molecule has 1 aliphatic carbocycles. The van der Waals surface area contributed by atoms with Crippen molar-refractivity contribution < 1.29 is 0 Å². The lowest BCUT2D eigenvalue weighted by Gasteiger charge is -2.28. The van der Waals surface area contributed by atoms with Crippen LogP contribution in [0.3, 0.4) is 0 Å². The summed E-state index contributed by atoms with van der Waals surface area (Å²) in [6.07, 6.45) is 6.65. The molecule has 1 fully saturated rings. The first-order chi connectivity index (χ1) is 8.67. The lowest BCUT2D eigenvalue weighted by Crippen LogP contribution is -2.21. The van der Waals surface area contributed by atoms with E-state index < -0.39 is 0 Å². The second-order valence-electron chi connectivity index (χ2n) is 5.21. The van der Waals surface area contributed by atoms with E-state index in [1.54, 1.807) is 6.07 Å². The van der Waals surface area contributed by atoms with E-state index >= 15 is 0 Å². The highest BCUT2D eigenvalue weighted by Crippen LogP contribution is 2.30. The van der Waals surface area contributed by atoms with Crippen molar-refractivity contribution in [1.29, 1.82) is 0 Å². The number of nitrogens with two attached hydrogens (primary N) is 2. The molecule has 0 spiro atoms. The monoisotopic (exact) mass is 249 g/mol. The van der Waals surface area contributed by atoms with Crippen molar-refractivity contribution in [3.8, 4) is 0 Å². The van der Waals surface area contributed by atoms with Crippen molar-refractivity contribution in [2.75, 3.05) is 23.3 Å². The molecule has 5 nitrogen and oxygen atoms in total. The van der Waals surface area contributed by atoms with Gasteiger partial charge >= 0.3 is 0 Å². The summed E-state index contributed by atoms with van der Waals surface area (Å²) in [5.74, 6) is 3.06. The second-order valence-corrected chi connectivity index (χ2v) is 5.21. The van der Waals surface area contributed by atoms with Crippen LogP contribution in [0.1, 0.15) is 39.0 Å². The third-order valence-electron chi connectivity index (χ3n) is 3.88. The average molecular weight is 249 g/mol. The van der Waals surface area contributed by atoms with Crippen LogP contribution in [0, 0.1) is 11.8 Å². The van der Waals surface area contributed by atoms with Gasteiger partial charge in [0.05, 0.1) is 0 Å². The van der Waals surface area contributed by atoms with Crippen LogP contribution in [0.5, 0.6) is 0 Å². The molecule has 0 aromatic carbocycles. The fraction of sp³-hybridized carbons (Fsp3) is 0.692. The topological polar surface area (TPSA) is 89.8 Å². The molecule has 18 heavy (non-hydrogen) atoms. The first-order valence-corrected chi connectivity index (χ1v) is 6.81. The van der Waals surface area contributed by atoms with Gasteiger partial charge in [-0.1, -0.05) is 26.2 Å². The lowest BCUT2D eigenvalue weighted by atomic mass is 9.81. The van der Waals surface area contributed by atoms with E-state index in [4.69, 9.17) is 11.5 Å². The van der Waals surface area contributed by atoms with Gasteiger partial charge in [0.2, 0.25) is 5.95 Å². The molecule has 0 amide bonds. The number of hydrogen-bond acceptors (Lipinski definition) is 5. The molecule has 0 bridgehead atoms. The molecule has 1 heterocycles. The Labute approximate surface area is 108 Å². The smallest absolute Gasteiger partial charge is 0.223 e. The highest BCUT2D eigenvalue weighted by Gasteiger charge is 2.19. The molecule has 2 rings (SSSR count). The van der Waals surface area contributed by atoms with Crippen molar-refractivity contribution in [2.24, 2.45) is 11.8 Å². The molecule has 1 saturated carbocycles. The second kappa shape index (κ2) is 5.89. The van der Waals surface area contributed by atoms with Gasteiger partial charge in [-0.3, -0.25) is 0 Å². The SMILES string of the molecule is CCC1CCC(CNc2cc(N)nc(N)n2)CC1. The minimum absolute atomic E-state index is 0.229. The van der Waals surface area contributed by atoms with E-state index in [1.165, 1.54) is 32.1 Å². The van der Waals surface area contributed by atoms with Crippen molar-refractivity contribution in [2.45, 2.75) is 39.0 Å². The first-order valence-electron chi connectivity index (χ1n) is 6.81. The van der Waals surface area contributed by atoms with Gasteiger partial charge in [-0.2, -0.15) is 9.97 Å². The van der Waals surface area contributed by atoms with Crippen LogP contribution in [0.4, 0.5) is 17.6 Å². The minimum atomic E-state index is 0.229. The van der Waals surface area contributed by atoms with Crippen LogP contribution >= 0.6 is 0 Å². The van der Waals surface area contributed by atoms with Gasteiger partial charge in [-0.05, 0) is 24.7 Å². The van der Waals surface area contributed by atoms with Crippen LogP contribution in [0.2, 0.25) is 0 Å². The van der Waals surface area contributed by atoms with Gasteiger partial charge in [-0.15, -0.1) is 0 Å². The number of nitrogen functional groups attached to an aromatic ring is 2. The average Bonchev–Trinajstić information content (AvgIpc) is 2.36. The molecule has 0 aliphatic heterocycles. The Kier molecular flexibility index (Phi) is 4.23. The zero-order valence-corrected chi connectivity index (χ0v) is 11.0. The summed E-state index contributed by atoms with van der Waals surface area (Å²) in [6.45, 7) is 3.24. The van der Waals surface area contributed by atoms with E-state index in [9.17, 15) is 0 Å². The Balaban J connectivity index is 1.81. The third kappa shape index (κ3) is 3.48. The normalized spacial score (nSPS) is 23.8. The van der Waals surface area contributed by atoms with Crippen molar-refractivity contribution in [3.63, 3.8) is 0 Å². The number of nitrogens with one attached hydrogen (secondary N) is 1. The van der Waals surface area contributed by atoms with Crippen molar-refractivity contribution >= 4 is 17.6 Å². The molecule has 1 aromatic rings. The zero-order chi connectivity index (χ0) is 13.0. The highest BCUT2D eigenvalue weighted by molar-refractivity contribution is 5.48. The van der Waals surface area contributed by atoms with Gasteiger partial charge in [0.15, 0.2) is 0 Å². The molecule has 0 saturated heterocycles. The Morgan fingerprint density at radius 1 is 1.17 bits per heavy atom. The van der Waals surface area contributed by atoms with Crippen molar-refractivity contribution in [1.82, 2.24) is 9.97 Å². The highest BCUT2D eigenvalue weighted by atomic mass is 15.1. The molecular weight excluding hydrogens is 226 g/mol. The maximum atomic E-state index is 5.63. The fourth-order valence-electron chi connectivity index (χ4n) is 2.67. The van der Waals surface area contributed by atoms with E-state index in [-0.39, 0.29) is 5.95 Å². The molecule has 0 unspecified atom stereocenters. The van der Waals surface area contributed by atoms with Gasteiger partial charge in [-0.25, -0.2) is 0 Å². The summed E-state index contributed by atoms with van der Waals surface area (Å²) in [7, 11) is 0. The summed E-state index contributed by atoms with van der Waals surface area (Å²) in [5.41, 5.74) is 11.2. The van der Waals surface area contributed by atoms with Crippen LogP contribution < -0.4 is 16.8 Å². The van der Waals surface area contributed by atoms with E-state index in [2.05, 4.69) is 22.2 Å². The predicted octanol–water partition coefficient (Wildman–Crippen LogP) is 2.27. The molecular formula is C13H23N5. The van der Waals surface area contributed by atoms with Gasteiger partial charge in [0.1, 0.15) is 11.6 Å². The molecule has 1 aromatic heterocycles. The Bertz CT molecular complexity index is 365. The summed E-state index contributed by atoms with van der Waals surface area (Å²) in [4.78, 5) is 7.98. The Morgan fingerprint density at radius 3 is 2.44 bits per heavy atom. The van der Waals surface area contributed by atoms with Gasteiger partial charge in [0, 0.05) is 12.6 Å². The zero-order valence-electron chi connectivity index (χ0n) is 11.0. The van der Waals surface area contributed by atoms with E-state index in [1.807, 2.05) is 0 Å². The molecule has 0 radical (unpaired) electrons. The van der Waals surface area contributed by atoms with E-state index in [0.717, 1.165) is 24.2 Å². The molecule has 100 valence electrons. The Morgan fingerprint density at radius 2 is 1.83 bits per heavy atom. The number of nitrogens with zero attached hydrogens (tertiary/aromatic N) is 2. The van der Waals surface area contributed by atoms with E-state index in [0.29, 0.717) is 5.82 Å². The number of anilines is 3. The lowest BCUT2D eigenvalue weighted by molar-refractivity contribution is 0.278. The Hall–Kier alpha value is -1.52. The maximum Gasteiger partial charge on any atom is 0.223 e. The predicted molar refractivity (Wildman–Crippen MR) is 75.1 cm³/mol. The molecule has 1 aliphatic rings. The summed E-state index contributed by atoms with van der Waals surface area (Å²) < 4.78 is 0.